The molecule has 0 bridgehead atoms. The fourth-order valence-corrected chi connectivity index (χ4v) is 1.71. The van der Waals surface area contributed by atoms with Crippen molar-refractivity contribution in [3.63, 3.8) is 0 Å². The lowest BCUT2D eigenvalue weighted by Gasteiger charge is -2.04. The molecule has 0 fully saturated rings. The molecule has 0 amide bonds. The van der Waals surface area contributed by atoms with Gasteiger partial charge < -0.3 is 4.74 Å². The Morgan fingerprint density at radius 2 is 2.00 bits per heavy atom. The van der Waals surface area contributed by atoms with Gasteiger partial charge in [0.05, 0.1) is 12.4 Å². The summed E-state index contributed by atoms with van der Waals surface area (Å²) < 4.78 is 5.05. The Morgan fingerprint density at radius 3 is 2.57 bits per heavy atom. The number of benzene rings is 1. The van der Waals surface area contributed by atoms with E-state index in [-0.39, 0.29) is 0 Å². The van der Waals surface area contributed by atoms with E-state index >= 15 is 0 Å². The molecule has 0 atom stereocenters. The zero-order chi connectivity index (χ0) is 10.4. The van der Waals surface area contributed by atoms with Gasteiger partial charge in [0.2, 0.25) is 0 Å². The van der Waals surface area contributed by atoms with Crippen molar-refractivity contribution in [1.82, 2.24) is 0 Å². The molecule has 0 radical (unpaired) electrons. The predicted octanol–water partition coefficient (Wildman–Crippen LogP) is 3.10. The highest BCUT2D eigenvalue weighted by atomic mass is 32.2. The molecular weight excluding hydrogens is 194 g/mol. The Bertz CT molecular complexity index is 295. The zero-order valence-electron chi connectivity index (χ0n) is 8.54. The zero-order valence-corrected chi connectivity index (χ0v) is 9.36. The van der Waals surface area contributed by atoms with Crippen LogP contribution in [0.5, 0.6) is 0 Å². The number of rotatable bonds is 4. The lowest BCUT2D eigenvalue weighted by atomic mass is 10.2. The van der Waals surface area contributed by atoms with E-state index in [1.165, 1.54) is 10.5 Å². The van der Waals surface area contributed by atoms with Crippen molar-refractivity contribution < 1.29 is 4.74 Å². The minimum absolute atomic E-state index is 0.345. The molecule has 1 rings (SSSR count). The molecule has 1 aromatic rings. The third-order valence-corrected chi connectivity index (χ3v) is 2.72. The molecule has 76 valence electrons. The Kier molecular flexibility index (Phi) is 4.53. The summed E-state index contributed by atoms with van der Waals surface area (Å²) in [6.45, 7) is 4.54. The molecule has 3 heteroatoms. The standard InChI is InChI=1S/C11H15NOS/c1-3-13-11(12)8-14-10-6-4-9(2)5-7-10/h4-7,12H,3,8H2,1-2H3. The average Bonchev–Trinajstić information content (AvgIpc) is 2.17. The summed E-state index contributed by atoms with van der Waals surface area (Å²) in [7, 11) is 0. The number of hydrogen-bond donors (Lipinski definition) is 1. The predicted molar refractivity (Wildman–Crippen MR) is 61.3 cm³/mol. The third-order valence-electron chi connectivity index (χ3n) is 1.71. The van der Waals surface area contributed by atoms with E-state index in [0.29, 0.717) is 18.3 Å². The van der Waals surface area contributed by atoms with Crippen molar-refractivity contribution in [1.29, 1.82) is 5.41 Å². The molecule has 0 saturated heterocycles. The maximum absolute atomic E-state index is 7.44. The van der Waals surface area contributed by atoms with E-state index in [9.17, 15) is 0 Å². The average molecular weight is 209 g/mol. The highest BCUT2D eigenvalue weighted by Crippen LogP contribution is 2.18. The van der Waals surface area contributed by atoms with Gasteiger partial charge in [-0.05, 0) is 26.0 Å². The minimum atomic E-state index is 0.345. The van der Waals surface area contributed by atoms with Crippen LogP contribution >= 0.6 is 11.8 Å². The van der Waals surface area contributed by atoms with E-state index in [4.69, 9.17) is 10.1 Å². The van der Waals surface area contributed by atoms with Crippen molar-refractivity contribution in [2.75, 3.05) is 12.4 Å². The van der Waals surface area contributed by atoms with Gasteiger partial charge in [0, 0.05) is 4.90 Å². The van der Waals surface area contributed by atoms with Crippen molar-refractivity contribution in [2.24, 2.45) is 0 Å². The molecule has 14 heavy (non-hydrogen) atoms. The Labute approximate surface area is 89.2 Å². The van der Waals surface area contributed by atoms with Crippen molar-refractivity contribution in [3.8, 4) is 0 Å². The minimum Gasteiger partial charge on any atom is -0.481 e. The van der Waals surface area contributed by atoms with Gasteiger partial charge in [0.1, 0.15) is 0 Å². The molecule has 0 aliphatic heterocycles. The van der Waals surface area contributed by atoms with Crippen molar-refractivity contribution in [3.05, 3.63) is 29.8 Å². The normalized spacial score (nSPS) is 9.86. The largest absolute Gasteiger partial charge is 0.481 e. The van der Waals surface area contributed by atoms with Gasteiger partial charge in [0.25, 0.3) is 0 Å². The molecule has 1 N–H and O–H groups in total. The Balaban J connectivity index is 2.38. The van der Waals surface area contributed by atoms with E-state index < -0.39 is 0 Å². The number of nitrogens with one attached hydrogen (secondary N) is 1. The van der Waals surface area contributed by atoms with Gasteiger partial charge in [-0.25, -0.2) is 0 Å². The van der Waals surface area contributed by atoms with Gasteiger partial charge in [-0.3, -0.25) is 5.41 Å². The van der Waals surface area contributed by atoms with Crippen LogP contribution in [0.2, 0.25) is 0 Å². The fraction of sp³-hybridized carbons (Fsp3) is 0.364. The first-order valence-electron chi connectivity index (χ1n) is 4.62. The topological polar surface area (TPSA) is 33.1 Å². The smallest absolute Gasteiger partial charge is 0.190 e. The van der Waals surface area contributed by atoms with E-state index in [0.717, 1.165) is 0 Å². The second-order valence-corrected chi connectivity index (χ2v) is 4.01. The summed E-state index contributed by atoms with van der Waals surface area (Å²) in [6.07, 6.45) is 0. The molecule has 1 aromatic carbocycles. The summed E-state index contributed by atoms with van der Waals surface area (Å²) in [5.74, 6) is 0.953. The maximum atomic E-state index is 7.44. The van der Waals surface area contributed by atoms with Crippen molar-refractivity contribution in [2.45, 2.75) is 18.7 Å². The molecule has 0 unspecified atom stereocenters. The van der Waals surface area contributed by atoms with Gasteiger partial charge in [-0.2, -0.15) is 0 Å². The van der Waals surface area contributed by atoms with Crippen LogP contribution in [0.3, 0.4) is 0 Å². The van der Waals surface area contributed by atoms with E-state index in [1.54, 1.807) is 11.8 Å². The molecule has 0 aromatic heterocycles. The van der Waals surface area contributed by atoms with Crippen LogP contribution < -0.4 is 0 Å². The summed E-state index contributed by atoms with van der Waals surface area (Å²) in [4.78, 5) is 1.18. The Morgan fingerprint density at radius 1 is 1.36 bits per heavy atom. The summed E-state index contributed by atoms with van der Waals surface area (Å²) >= 11 is 1.63. The first kappa shape index (κ1) is 11.1. The maximum Gasteiger partial charge on any atom is 0.190 e. The SMILES string of the molecule is CCOC(=N)CSc1ccc(C)cc1. The molecule has 0 saturated carbocycles. The quantitative estimate of drug-likeness (QED) is 0.469. The molecule has 2 nitrogen and oxygen atoms in total. The van der Waals surface area contributed by atoms with Gasteiger partial charge in [-0.15, -0.1) is 11.8 Å². The second-order valence-electron chi connectivity index (χ2n) is 2.96. The molecule has 0 heterocycles. The summed E-state index contributed by atoms with van der Waals surface area (Å²) in [5, 5.41) is 7.44. The molecule has 0 aliphatic rings. The molecule has 0 spiro atoms. The van der Waals surface area contributed by atoms with Gasteiger partial charge in [0.15, 0.2) is 5.90 Å². The lowest BCUT2D eigenvalue weighted by Crippen LogP contribution is -2.05. The Hall–Kier alpha value is -0.960. The second kappa shape index (κ2) is 5.70. The first-order chi connectivity index (χ1) is 6.72. The number of hydrogen-bond acceptors (Lipinski definition) is 3. The van der Waals surface area contributed by atoms with E-state index in [1.807, 2.05) is 6.92 Å². The highest BCUT2D eigenvalue weighted by molar-refractivity contribution is 8.00. The van der Waals surface area contributed by atoms with Gasteiger partial charge in [-0.1, -0.05) is 17.7 Å². The summed E-state index contributed by atoms with van der Waals surface area (Å²) in [6, 6.07) is 8.29. The van der Waals surface area contributed by atoms with E-state index in [2.05, 4.69) is 31.2 Å². The molecule has 0 aliphatic carbocycles. The monoisotopic (exact) mass is 209 g/mol. The fourth-order valence-electron chi connectivity index (χ4n) is 0.999. The number of ether oxygens (including phenoxy) is 1. The van der Waals surface area contributed by atoms with Crippen LogP contribution in [0, 0.1) is 12.3 Å². The number of thioether (sulfide) groups is 1. The van der Waals surface area contributed by atoms with Crippen LogP contribution in [-0.2, 0) is 4.74 Å². The van der Waals surface area contributed by atoms with Crippen LogP contribution in [0.4, 0.5) is 0 Å². The number of aryl methyl sites for hydroxylation is 1. The molecular formula is C11H15NOS. The lowest BCUT2D eigenvalue weighted by molar-refractivity contribution is 0.322. The van der Waals surface area contributed by atoms with Crippen LogP contribution in [0.15, 0.2) is 29.2 Å². The van der Waals surface area contributed by atoms with Gasteiger partial charge >= 0.3 is 0 Å². The third kappa shape index (κ3) is 3.83. The highest BCUT2D eigenvalue weighted by Gasteiger charge is 1.98. The van der Waals surface area contributed by atoms with Crippen molar-refractivity contribution >= 4 is 17.7 Å². The van der Waals surface area contributed by atoms with Crippen LogP contribution in [0.25, 0.3) is 0 Å². The van der Waals surface area contributed by atoms with Crippen LogP contribution in [0.1, 0.15) is 12.5 Å². The summed E-state index contributed by atoms with van der Waals surface area (Å²) in [5.41, 5.74) is 1.26. The first-order valence-corrected chi connectivity index (χ1v) is 5.60. The van der Waals surface area contributed by atoms with Crippen LogP contribution in [-0.4, -0.2) is 18.3 Å².